The lowest BCUT2D eigenvalue weighted by atomic mass is 10.1. The van der Waals surface area contributed by atoms with Gasteiger partial charge in [-0.15, -0.1) is 0 Å². The van der Waals surface area contributed by atoms with Crippen LogP contribution in [-0.2, 0) is 6.54 Å². The van der Waals surface area contributed by atoms with Gasteiger partial charge in [0, 0.05) is 17.8 Å². The van der Waals surface area contributed by atoms with Gasteiger partial charge in [-0.1, -0.05) is 12.1 Å². The van der Waals surface area contributed by atoms with Gasteiger partial charge < -0.3 is 11.1 Å². The fourth-order valence-corrected chi connectivity index (χ4v) is 1.75. The Hall–Kier alpha value is -2.20. The lowest BCUT2D eigenvalue weighted by Crippen LogP contribution is -2.13. The van der Waals surface area contributed by atoms with E-state index in [0.717, 1.165) is 5.56 Å². The average molecular weight is 258 g/mol. The third-order valence-electron chi connectivity index (χ3n) is 2.89. The highest BCUT2D eigenvalue weighted by Gasteiger charge is 2.08. The van der Waals surface area contributed by atoms with E-state index in [0.29, 0.717) is 23.4 Å². The molecule has 0 aliphatic heterocycles. The van der Waals surface area contributed by atoms with Crippen LogP contribution in [0.3, 0.4) is 0 Å². The molecule has 19 heavy (non-hydrogen) atoms. The lowest BCUT2D eigenvalue weighted by Gasteiger charge is -2.08. The van der Waals surface area contributed by atoms with E-state index in [2.05, 4.69) is 5.32 Å². The van der Waals surface area contributed by atoms with Crippen LogP contribution in [0.1, 0.15) is 21.5 Å². The topological polar surface area (TPSA) is 55.1 Å². The highest BCUT2D eigenvalue weighted by atomic mass is 19.1. The van der Waals surface area contributed by atoms with E-state index in [4.69, 9.17) is 5.73 Å². The number of hydrogen-bond acceptors (Lipinski definition) is 2. The summed E-state index contributed by atoms with van der Waals surface area (Å²) >= 11 is 0. The Labute approximate surface area is 111 Å². The minimum atomic E-state index is -0.317. The minimum Gasteiger partial charge on any atom is -0.326 e. The van der Waals surface area contributed by atoms with Gasteiger partial charge in [0.2, 0.25) is 0 Å². The van der Waals surface area contributed by atoms with E-state index < -0.39 is 0 Å². The molecule has 2 rings (SSSR count). The highest BCUT2D eigenvalue weighted by molar-refractivity contribution is 6.04. The van der Waals surface area contributed by atoms with Gasteiger partial charge in [-0.3, -0.25) is 4.79 Å². The maximum atomic E-state index is 13.0. The number of nitrogens with one attached hydrogen (secondary N) is 1. The summed E-state index contributed by atoms with van der Waals surface area (Å²) in [5.41, 5.74) is 8.30. The van der Waals surface area contributed by atoms with Crippen LogP contribution in [0.25, 0.3) is 0 Å². The van der Waals surface area contributed by atoms with Crippen LogP contribution in [0.5, 0.6) is 0 Å². The van der Waals surface area contributed by atoms with Gasteiger partial charge in [0.15, 0.2) is 0 Å². The molecule has 2 aromatic carbocycles. The lowest BCUT2D eigenvalue weighted by molar-refractivity contribution is 0.102. The largest absolute Gasteiger partial charge is 0.326 e. The zero-order valence-corrected chi connectivity index (χ0v) is 10.6. The van der Waals surface area contributed by atoms with Crippen molar-refractivity contribution in [2.75, 3.05) is 5.32 Å². The molecule has 0 fully saturated rings. The van der Waals surface area contributed by atoms with Crippen LogP contribution in [0.15, 0.2) is 42.5 Å². The van der Waals surface area contributed by atoms with Gasteiger partial charge in [-0.05, 0) is 48.4 Å². The molecule has 0 atom stereocenters. The number of rotatable bonds is 3. The first-order valence-corrected chi connectivity index (χ1v) is 5.96. The van der Waals surface area contributed by atoms with Crippen molar-refractivity contribution in [3.05, 3.63) is 65.0 Å². The third-order valence-corrected chi connectivity index (χ3v) is 2.89. The van der Waals surface area contributed by atoms with Crippen LogP contribution in [0.4, 0.5) is 10.1 Å². The Bertz CT molecular complexity index is 594. The SMILES string of the molecule is Cc1cc(F)ccc1NC(=O)c1ccc(CN)cc1. The summed E-state index contributed by atoms with van der Waals surface area (Å²) in [5.74, 6) is -0.541. The molecule has 0 saturated carbocycles. The zero-order chi connectivity index (χ0) is 13.8. The Balaban J connectivity index is 2.15. The Morgan fingerprint density at radius 3 is 2.47 bits per heavy atom. The average Bonchev–Trinajstić information content (AvgIpc) is 2.42. The van der Waals surface area contributed by atoms with E-state index in [9.17, 15) is 9.18 Å². The Morgan fingerprint density at radius 2 is 1.89 bits per heavy atom. The summed E-state index contributed by atoms with van der Waals surface area (Å²) in [7, 11) is 0. The van der Waals surface area contributed by atoms with Crippen molar-refractivity contribution in [3.8, 4) is 0 Å². The molecule has 2 aromatic rings. The molecule has 0 saturated heterocycles. The highest BCUT2D eigenvalue weighted by Crippen LogP contribution is 2.17. The Kier molecular flexibility index (Phi) is 3.92. The second-order valence-corrected chi connectivity index (χ2v) is 4.31. The maximum Gasteiger partial charge on any atom is 0.255 e. The van der Waals surface area contributed by atoms with Gasteiger partial charge >= 0.3 is 0 Å². The van der Waals surface area contributed by atoms with Crippen molar-refractivity contribution in [1.29, 1.82) is 0 Å². The molecule has 3 N–H and O–H groups in total. The molecule has 0 radical (unpaired) electrons. The van der Waals surface area contributed by atoms with Gasteiger partial charge in [-0.2, -0.15) is 0 Å². The zero-order valence-electron chi connectivity index (χ0n) is 10.6. The second kappa shape index (κ2) is 5.63. The number of aryl methyl sites for hydroxylation is 1. The number of amides is 1. The van der Waals surface area contributed by atoms with E-state index in [-0.39, 0.29) is 11.7 Å². The van der Waals surface area contributed by atoms with E-state index in [1.54, 1.807) is 25.1 Å². The summed E-state index contributed by atoms with van der Waals surface area (Å²) in [5, 5.41) is 2.75. The van der Waals surface area contributed by atoms with Gasteiger partial charge in [0.25, 0.3) is 5.91 Å². The molecule has 0 heterocycles. The van der Waals surface area contributed by atoms with Crippen molar-refractivity contribution < 1.29 is 9.18 Å². The van der Waals surface area contributed by atoms with Crippen LogP contribution in [-0.4, -0.2) is 5.91 Å². The van der Waals surface area contributed by atoms with Crippen molar-refractivity contribution >= 4 is 11.6 Å². The molecule has 0 aromatic heterocycles. The molecule has 0 aliphatic carbocycles. The molecule has 0 unspecified atom stereocenters. The fraction of sp³-hybridized carbons (Fsp3) is 0.133. The van der Waals surface area contributed by atoms with E-state index >= 15 is 0 Å². The molecule has 1 amide bonds. The summed E-state index contributed by atoms with van der Waals surface area (Å²) in [6, 6.07) is 11.3. The first-order chi connectivity index (χ1) is 9.10. The third kappa shape index (κ3) is 3.17. The summed E-state index contributed by atoms with van der Waals surface area (Å²) in [4.78, 5) is 12.0. The van der Waals surface area contributed by atoms with Crippen molar-refractivity contribution in [2.45, 2.75) is 13.5 Å². The molecule has 3 nitrogen and oxygen atoms in total. The minimum absolute atomic E-state index is 0.224. The molecule has 0 spiro atoms. The number of anilines is 1. The number of carbonyl (C=O) groups excluding carboxylic acids is 1. The normalized spacial score (nSPS) is 10.3. The molecule has 98 valence electrons. The van der Waals surface area contributed by atoms with Gasteiger partial charge in [0.1, 0.15) is 5.82 Å². The predicted molar refractivity (Wildman–Crippen MR) is 73.4 cm³/mol. The second-order valence-electron chi connectivity index (χ2n) is 4.31. The standard InChI is InChI=1S/C15H15FN2O/c1-10-8-13(16)6-7-14(10)18-15(19)12-4-2-11(9-17)3-5-12/h2-8H,9,17H2,1H3,(H,18,19). The number of benzene rings is 2. The van der Waals surface area contributed by atoms with Gasteiger partial charge in [0.05, 0.1) is 0 Å². The van der Waals surface area contributed by atoms with Crippen molar-refractivity contribution in [3.63, 3.8) is 0 Å². The smallest absolute Gasteiger partial charge is 0.255 e. The van der Waals surface area contributed by atoms with Crippen LogP contribution >= 0.6 is 0 Å². The summed E-state index contributed by atoms with van der Waals surface area (Å²) < 4.78 is 13.0. The quantitative estimate of drug-likeness (QED) is 0.889. The Morgan fingerprint density at radius 1 is 1.21 bits per heavy atom. The number of hydrogen-bond donors (Lipinski definition) is 2. The maximum absolute atomic E-state index is 13.0. The molecule has 0 aliphatic rings. The van der Waals surface area contributed by atoms with Gasteiger partial charge in [-0.25, -0.2) is 4.39 Å². The molecular formula is C15H15FN2O. The number of carbonyl (C=O) groups is 1. The van der Waals surface area contributed by atoms with Crippen molar-refractivity contribution in [1.82, 2.24) is 0 Å². The first kappa shape index (κ1) is 13.2. The number of halogens is 1. The summed E-state index contributed by atoms with van der Waals surface area (Å²) in [6.07, 6.45) is 0. The van der Waals surface area contributed by atoms with Crippen molar-refractivity contribution in [2.24, 2.45) is 5.73 Å². The molecule has 4 heteroatoms. The molecular weight excluding hydrogens is 243 g/mol. The van der Waals surface area contributed by atoms with Crippen LogP contribution in [0.2, 0.25) is 0 Å². The van der Waals surface area contributed by atoms with E-state index in [1.807, 2.05) is 12.1 Å². The first-order valence-electron chi connectivity index (χ1n) is 5.96. The number of nitrogens with two attached hydrogens (primary N) is 1. The monoisotopic (exact) mass is 258 g/mol. The van der Waals surface area contributed by atoms with E-state index in [1.165, 1.54) is 12.1 Å². The van der Waals surface area contributed by atoms with Crippen LogP contribution in [0, 0.1) is 12.7 Å². The fourth-order valence-electron chi connectivity index (χ4n) is 1.75. The predicted octanol–water partition coefficient (Wildman–Crippen LogP) is 2.85. The van der Waals surface area contributed by atoms with Crippen LogP contribution < -0.4 is 11.1 Å². The molecule has 0 bridgehead atoms. The summed E-state index contributed by atoms with van der Waals surface area (Å²) in [6.45, 7) is 2.19.